The molecule has 0 radical (unpaired) electrons. The third-order valence-electron chi connectivity index (χ3n) is 4.21. The Morgan fingerprint density at radius 3 is 2.83 bits per heavy atom. The van der Waals surface area contributed by atoms with Crippen LogP contribution in [-0.4, -0.2) is 13.1 Å². The molecule has 1 aromatic carbocycles. The van der Waals surface area contributed by atoms with Crippen LogP contribution in [-0.2, 0) is 5.41 Å². The number of hydrogen-bond donors (Lipinski definition) is 1. The van der Waals surface area contributed by atoms with Gasteiger partial charge in [0.25, 0.3) is 0 Å². The van der Waals surface area contributed by atoms with E-state index >= 15 is 0 Å². The highest BCUT2D eigenvalue weighted by Crippen LogP contribution is 2.56. The largest absolute Gasteiger partial charge is 0.316 e. The van der Waals surface area contributed by atoms with Crippen LogP contribution in [0.4, 0.5) is 4.39 Å². The van der Waals surface area contributed by atoms with Crippen LogP contribution in [0.2, 0.25) is 0 Å². The van der Waals surface area contributed by atoms with Crippen molar-refractivity contribution in [3.63, 3.8) is 0 Å². The van der Waals surface area contributed by atoms with Gasteiger partial charge in [0, 0.05) is 0 Å². The molecule has 1 fully saturated rings. The summed E-state index contributed by atoms with van der Waals surface area (Å²) in [5.74, 6) is 1.25. The van der Waals surface area contributed by atoms with Gasteiger partial charge in [0.2, 0.25) is 0 Å². The van der Waals surface area contributed by atoms with Crippen LogP contribution in [0, 0.1) is 17.7 Å². The Morgan fingerprint density at radius 2 is 2.22 bits per heavy atom. The van der Waals surface area contributed by atoms with E-state index in [0.29, 0.717) is 11.8 Å². The molecule has 2 atom stereocenters. The first-order chi connectivity index (χ1) is 8.58. The average Bonchev–Trinajstić information content (AvgIpc) is 3.04. The van der Waals surface area contributed by atoms with Crippen molar-refractivity contribution in [1.82, 2.24) is 5.32 Å². The summed E-state index contributed by atoms with van der Waals surface area (Å²) in [6.45, 7) is 8.79. The summed E-state index contributed by atoms with van der Waals surface area (Å²) in [6, 6.07) is 7.15. The molecule has 1 aliphatic carbocycles. The standard InChI is InChI=1S/C16H24FN/c1-4-16(13-6-5-7-15(17)8-13)9-14(16)11-18-10-12(2)3/h5-8,12,14,18H,4,9-11H2,1-3H3. The Bertz CT molecular complexity index is 402. The van der Waals surface area contributed by atoms with E-state index in [2.05, 4.69) is 32.2 Å². The molecule has 2 unspecified atom stereocenters. The molecule has 2 rings (SSSR count). The number of benzene rings is 1. The molecule has 0 spiro atoms. The third kappa shape index (κ3) is 2.74. The molecule has 1 saturated carbocycles. The molecular weight excluding hydrogens is 225 g/mol. The SMILES string of the molecule is CCC1(c2cccc(F)c2)CC1CNCC(C)C. The van der Waals surface area contributed by atoms with Gasteiger partial charge >= 0.3 is 0 Å². The van der Waals surface area contributed by atoms with Crippen LogP contribution in [0.25, 0.3) is 0 Å². The van der Waals surface area contributed by atoms with Crippen molar-refractivity contribution in [2.24, 2.45) is 11.8 Å². The lowest BCUT2D eigenvalue weighted by Crippen LogP contribution is -2.25. The summed E-state index contributed by atoms with van der Waals surface area (Å²) in [6.07, 6.45) is 2.29. The first kappa shape index (κ1) is 13.5. The fourth-order valence-electron chi connectivity index (χ4n) is 2.98. The molecule has 1 aliphatic rings. The summed E-state index contributed by atoms with van der Waals surface area (Å²) >= 11 is 0. The molecule has 2 heteroatoms. The maximum atomic E-state index is 13.3. The first-order valence-electron chi connectivity index (χ1n) is 7.05. The predicted molar refractivity (Wildman–Crippen MR) is 74.2 cm³/mol. The van der Waals surface area contributed by atoms with Gasteiger partial charge in [-0.25, -0.2) is 4.39 Å². The Hall–Kier alpha value is -0.890. The van der Waals surface area contributed by atoms with Crippen molar-refractivity contribution >= 4 is 0 Å². The zero-order valence-corrected chi connectivity index (χ0v) is 11.7. The van der Waals surface area contributed by atoms with E-state index in [4.69, 9.17) is 0 Å². The lowest BCUT2D eigenvalue weighted by Gasteiger charge is -2.17. The maximum absolute atomic E-state index is 13.3. The van der Waals surface area contributed by atoms with Crippen LogP contribution in [0.15, 0.2) is 24.3 Å². The van der Waals surface area contributed by atoms with E-state index in [-0.39, 0.29) is 11.2 Å². The van der Waals surface area contributed by atoms with Gasteiger partial charge in [-0.3, -0.25) is 0 Å². The van der Waals surface area contributed by atoms with Crippen molar-refractivity contribution in [3.8, 4) is 0 Å². The Balaban J connectivity index is 1.98. The van der Waals surface area contributed by atoms with Gasteiger partial charge in [-0.05, 0) is 60.9 Å². The van der Waals surface area contributed by atoms with Crippen LogP contribution < -0.4 is 5.32 Å². The molecule has 0 saturated heterocycles. The summed E-state index contributed by atoms with van der Waals surface area (Å²) < 4.78 is 13.3. The quantitative estimate of drug-likeness (QED) is 0.810. The summed E-state index contributed by atoms with van der Waals surface area (Å²) in [5.41, 5.74) is 1.41. The first-order valence-corrected chi connectivity index (χ1v) is 7.05. The highest BCUT2D eigenvalue weighted by molar-refractivity contribution is 5.34. The molecule has 1 aromatic rings. The minimum absolute atomic E-state index is 0.110. The van der Waals surface area contributed by atoms with Gasteiger partial charge < -0.3 is 5.32 Å². The zero-order chi connectivity index (χ0) is 13.2. The lowest BCUT2D eigenvalue weighted by atomic mass is 9.90. The number of nitrogens with one attached hydrogen (secondary N) is 1. The van der Waals surface area contributed by atoms with E-state index in [1.165, 1.54) is 18.1 Å². The molecule has 18 heavy (non-hydrogen) atoms. The topological polar surface area (TPSA) is 12.0 Å². The van der Waals surface area contributed by atoms with E-state index in [1.807, 2.05) is 6.07 Å². The molecule has 0 aliphatic heterocycles. The highest BCUT2D eigenvalue weighted by Gasteiger charge is 2.53. The van der Waals surface area contributed by atoms with Crippen molar-refractivity contribution in [1.29, 1.82) is 0 Å². The Morgan fingerprint density at radius 1 is 1.44 bits per heavy atom. The molecule has 0 aromatic heterocycles. The molecule has 1 N–H and O–H groups in total. The number of rotatable bonds is 6. The van der Waals surface area contributed by atoms with E-state index in [0.717, 1.165) is 19.5 Å². The van der Waals surface area contributed by atoms with E-state index < -0.39 is 0 Å². The van der Waals surface area contributed by atoms with Crippen molar-refractivity contribution in [2.75, 3.05) is 13.1 Å². The van der Waals surface area contributed by atoms with E-state index in [9.17, 15) is 4.39 Å². The summed E-state index contributed by atoms with van der Waals surface area (Å²) in [7, 11) is 0. The van der Waals surface area contributed by atoms with Crippen LogP contribution >= 0.6 is 0 Å². The third-order valence-corrected chi connectivity index (χ3v) is 4.21. The van der Waals surface area contributed by atoms with Crippen molar-refractivity contribution < 1.29 is 4.39 Å². The smallest absolute Gasteiger partial charge is 0.123 e. The van der Waals surface area contributed by atoms with Crippen LogP contribution in [0.5, 0.6) is 0 Å². The van der Waals surface area contributed by atoms with Gasteiger partial charge in [0.15, 0.2) is 0 Å². The molecule has 0 bridgehead atoms. The summed E-state index contributed by atoms with van der Waals surface area (Å²) in [5, 5.41) is 3.53. The molecule has 1 nitrogen and oxygen atoms in total. The van der Waals surface area contributed by atoms with Gasteiger partial charge in [0.1, 0.15) is 5.82 Å². The van der Waals surface area contributed by atoms with Gasteiger partial charge in [-0.15, -0.1) is 0 Å². The average molecular weight is 249 g/mol. The van der Waals surface area contributed by atoms with Crippen molar-refractivity contribution in [3.05, 3.63) is 35.6 Å². The molecule has 0 amide bonds. The maximum Gasteiger partial charge on any atom is 0.123 e. The Labute approximate surface area is 110 Å². The fourth-order valence-corrected chi connectivity index (χ4v) is 2.98. The monoisotopic (exact) mass is 249 g/mol. The second-order valence-electron chi connectivity index (χ2n) is 5.97. The van der Waals surface area contributed by atoms with Crippen molar-refractivity contribution in [2.45, 2.75) is 39.0 Å². The number of halogens is 1. The number of hydrogen-bond acceptors (Lipinski definition) is 1. The molecule has 0 heterocycles. The summed E-state index contributed by atoms with van der Waals surface area (Å²) in [4.78, 5) is 0. The normalized spacial score (nSPS) is 26.6. The Kier molecular flexibility index (Phi) is 4.06. The van der Waals surface area contributed by atoms with Crippen LogP contribution in [0.3, 0.4) is 0 Å². The predicted octanol–water partition coefficient (Wildman–Crippen LogP) is 3.74. The zero-order valence-electron chi connectivity index (χ0n) is 11.7. The lowest BCUT2D eigenvalue weighted by molar-refractivity contribution is 0.497. The van der Waals surface area contributed by atoms with Gasteiger partial charge in [-0.2, -0.15) is 0 Å². The van der Waals surface area contributed by atoms with Crippen LogP contribution in [0.1, 0.15) is 39.2 Å². The second-order valence-corrected chi connectivity index (χ2v) is 5.97. The molecular formula is C16H24FN. The fraction of sp³-hybridized carbons (Fsp3) is 0.625. The second kappa shape index (κ2) is 5.40. The minimum atomic E-state index is -0.110. The molecule has 100 valence electrons. The van der Waals surface area contributed by atoms with Gasteiger partial charge in [-0.1, -0.05) is 32.9 Å². The highest BCUT2D eigenvalue weighted by atomic mass is 19.1. The van der Waals surface area contributed by atoms with E-state index in [1.54, 1.807) is 6.07 Å². The van der Waals surface area contributed by atoms with Gasteiger partial charge in [0.05, 0.1) is 0 Å². The minimum Gasteiger partial charge on any atom is -0.316 e.